The van der Waals surface area contributed by atoms with Crippen molar-refractivity contribution in [3.05, 3.63) is 18.6 Å². The Hall–Kier alpha value is -1.21. The van der Waals surface area contributed by atoms with Crippen molar-refractivity contribution in [1.29, 1.82) is 0 Å². The lowest BCUT2D eigenvalue weighted by atomic mass is 10.6. The highest BCUT2D eigenvalue weighted by Crippen LogP contribution is 2.02. The molecule has 0 fully saturated rings. The number of aromatic nitrogens is 2. The van der Waals surface area contributed by atoms with Crippen LogP contribution in [0.15, 0.2) is 18.6 Å². The van der Waals surface area contributed by atoms with Crippen LogP contribution in [-0.4, -0.2) is 18.4 Å². The van der Waals surface area contributed by atoms with Gasteiger partial charge >= 0.3 is 10.3 Å². The molecule has 60 valence electrons. The highest BCUT2D eigenvalue weighted by Gasteiger charge is 2.03. The van der Waals surface area contributed by atoms with E-state index in [0.717, 1.165) is 6.33 Å². The summed E-state index contributed by atoms with van der Waals surface area (Å²) < 4.78 is 24.8. The van der Waals surface area contributed by atoms with Gasteiger partial charge in [0, 0.05) is 12.3 Å². The van der Waals surface area contributed by atoms with Crippen LogP contribution in [0.4, 0.5) is 0 Å². The molecule has 0 saturated carbocycles. The molecule has 2 N–H and O–H groups in total. The van der Waals surface area contributed by atoms with Crippen LogP contribution >= 0.6 is 0 Å². The fourth-order valence-corrected chi connectivity index (χ4v) is 0.783. The molecule has 1 aromatic heterocycles. The normalized spacial score (nSPS) is 11.0. The molecule has 0 spiro atoms. The fraction of sp³-hybridized carbons (Fsp3) is 0. The number of nitrogens with two attached hydrogens (primary N) is 1. The molecule has 6 nitrogen and oxygen atoms in total. The van der Waals surface area contributed by atoms with Crippen molar-refractivity contribution in [2.75, 3.05) is 0 Å². The summed E-state index contributed by atoms with van der Waals surface area (Å²) in [5.74, 6) is -0.0949. The second kappa shape index (κ2) is 2.81. The molecule has 0 saturated heterocycles. The zero-order valence-corrected chi connectivity index (χ0v) is 6.15. The number of hydrogen-bond donors (Lipinski definition) is 1. The molecular weight excluding hydrogens is 170 g/mol. The minimum absolute atomic E-state index is 0.0949. The maximum Gasteiger partial charge on any atom is 0.381 e. The Morgan fingerprint density at radius 2 is 2.27 bits per heavy atom. The van der Waals surface area contributed by atoms with Crippen LogP contribution in [0.1, 0.15) is 0 Å². The molecule has 0 unspecified atom stereocenters. The lowest BCUT2D eigenvalue weighted by Crippen LogP contribution is -2.19. The van der Waals surface area contributed by atoms with Crippen LogP contribution in [0, 0.1) is 0 Å². The standard InChI is InChI=1S/C4H5N3O3S/c5-11(8,9)10-4-1-2-6-3-7-4/h1-3H,(H2,5,8,9). The SMILES string of the molecule is NS(=O)(=O)Oc1ccncn1. The molecular formula is C4H5N3O3S. The van der Waals surface area contributed by atoms with Crippen LogP contribution in [0.2, 0.25) is 0 Å². The topological polar surface area (TPSA) is 95.2 Å². The first kappa shape index (κ1) is 7.89. The van der Waals surface area contributed by atoms with E-state index in [1.165, 1.54) is 12.3 Å². The average Bonchev–Trinajstić information content (AvgIpc) is 1.85. The van der Waals surface area contributed by atoms with Crippen molar-refractivity contribution >= 4 is 10.3 Å². The quantitative estimate of drug-likeness (QED) is 0.625. The Morgan fingerprint density at radius 3 is 2.73 bits per heavy atom. The molecule has 0 bridgehead atoms. The van der Waals surface area contributed by atoms with Crippen molar-refractivity contribution in [2.24, 2.45) is 5.14 Å². The van der Waals surface area contributed by atoms with E-state index >= 15 is 0 Å². The lowest BCUT2D eigenvalue weighted by molar-refractivity contribution is 0.477. The predicted molar refractivity (Wildman–Crippen MR) is 35.8 cm³/mol. The number of hydrogen-bond acceptors (Lipinski definition) is 5. The van der Waals surface area contributed by atoms with Gasteiger partial charge in [-0.25, -0.2) is 9.97 Å². The molecule has 1 aromatic rings. The van der Waals surface area contributed by atoms with Crippen LogP contribution in [-0.2, 0) is 10.3 Å². The number of nitrogens with zero attached hydrogens (tertiary/aromatic N) is 2. The maximum absolute atomic E-state index is 10.3. The van der Waals surface area contributed by atoms with Crippen molar-refractivity contribution in [3.8, 4) is 5.88 Å². The summed E-state index contributed by atoms with van der Waals surface area (Å²) in [5, 5.41) is 4.56. The summed E-state index contributed by atoms with van der Waals surface area (Å²) in [5.41, 5.74) is 0. The van der Waals surface area contributed by atoms with E-state index in [2.05, 4.69) is 19.3 Å². The monoisotopic (exact) mass is 175 g/mol. The van der Waals surface area contributed by atoms with Crippen LogP contribution < -0.4 is 9.32 Å². The number of rotatable bonds is 2. The summed E-state index contributed by atoms with van der Waals surface area (Å²) in [6, 6.07) is 1.28. The molecule has 0 aliphatic rings. The third-order valence-electron chi connectivity index (χ3n) is 0.756. The maximum atomic E-state index is 10.3. The Bertz CT molecular complexity index is 322. The predicted octanol–water partition coefficient (Wildman–Crippen LogP) is -0.941. The fourth-order valence-electron chi connectivity index (χ4n) is 0.447. The molecule has 0 aromatic carbocycles. The zero-order chi connectivity index (χ0) is 8.32. The van der Waals surface area contributed by atoms with Gasteiger partial charge < -0.3 is 4.18 Å². The summed E-state index contributed by atoms with van der Waals surface area (Å²) in [6.45, 7) is 0. The van der Waals surface area contributed by atoms with Gasteiger partial charge in [0.15, 0.2) is 0 Å². The van der Waals surface area contributed by atoms with E-state index < -0.39 is 10.3 Å². The Morgan fingerprint density at radius 1 is 1.55 bits per heavy atom. The van der Waals surface area contributed by atoms with Crippen LogP contribution in [0.25, 0.3) is 0 Å². The minimum Gasteiger partial charge on any atom is -0.350 e. The molecule has 1 heterocycles. The van der Waals surface area contributed by atoms with Crippen LogP contribution in [0.5, 0.6) is 5.88 Å². The van der Waals surface area contributed by atoms with E-state index in [4.69, 9.17) is 0 Å². The van der Waals surface area contributed by atoms with E-state index in [1.807, 2.05) is 0 Å². The van der Waals surface area contributed by atoms with Crippen molar-refractivity contribution < 1.29 is 12.6 Å². The van der Waals surface area contributed by atoms with Gasteiger partial charge in [0.2, 0.25) is 5.88 Å². The Balaban J connectivity index is 2.82. The third kappa shape index (κ3) is 2.92. The van der Waals surface area contributed by atoms with Crippen molar-refractivity contribution in [3.63, 3.8) is 0 Å². The van der Waals surface area contributed by atoms with Gasteiger partial charge in [-0.15, -0.1) is 0 Å². The average molecular weight is 175 g/mol. The lowest BCUT2D eigenvalue weighted by Gasteiger charge is -1.97. The highest BCUT2D eigenvalue weighted by molar-refractivity contribution is 7.84. The van der Waals surface area contributed by atoms with E-state index in [-0.39, 0.29) is 5.88 Å². The highest BCUT2D eigenvalue weighted by atomic mass is 32.2. The second-order valence-corrected chi connectivity index (χ2v) is 2.78. The largest absolute Gasteiger partial charge is 0.381 e. The van der Waals surface area contributed by atoms with Gasteiger partial charge in [0.25, 0.3) is 0 Å². The summed E-state index contributed by atoms with van der Waals surface area (Å²) in [6.07, 6.45) is 2.49. The van der Waals surface area contributed by atoms with Crippen LogP contribution in [0.3, 0.4) is 0 Å². The van der Waals surface area contributed by atoms with Crippen molar-refractivity contribution in [2.45, 2.75) is 0 Å². The first-order valence-corrected chi connectivity index (χ1v) is 4.03. The smallest absolute Gasteiger partial charge is 0.350 e. The summed E-state index contributed by atoms with van der Waals surface area (Å²) >= 11 is 0. The Kier molecular flexibility index (Phi) is 2.01. The van der Waals surface area contributed by atoms with Gasteiger partial charge in [-0.05, 0) is 0 Å². The molecule has 1 rings (SSSR count). The first-order valence-electron chi connectivity index (χ1n) is 2.56. The third-order valence-corrected chi connectivity index (χ3v) is 1.16. The summed E-state index contributed by atoms with van der Waals surface area (Å²) in [4.78, 5) is 7.02. The molecule has 7 heteroatoms. The van der Waals surface area contributed by atoms with Gasteiger partial charge in [-0.1, -0.05) is 0 Å². The van der Waals surface area contributed by atoms with Gasteiger partial charge in [0.1, 0.15) is 6.33 Å². The van der Waals surface area contributed by atoms with Gasteiger partial charge in [-0.2, -0.15) is 13.6 Å². The Labute approximate surface area is 63.3 Å². The molecule has 0 amide bonds. The van der Waals surface area contributed by atoms with E-state index in [0.29, 0.717) is 0 Å². The second-order valence-electron chi connectivity index (χ2n) is 1.62. The summed E-state index contributed by atoms with van der Waals surface area (Å²) in [7, 11) is -3.97. The molecule has 11 heavy (non-hydrogen) atoms. The minimum atomic E-state index is -3.97. The zero-order valence-electron chi connectivity index (χ0n) is 5.34. The van der Waals surface area contributed by atoms with Gasteiger partial charge in [-0.3, -0.25) is 0 Å². The molecule has 0 atom stereocenters. The van der Waals surface area contributed by atoms with E-state index in [1.54, 1.807) is 0 Å². The molecule has 0 aliphatic heterocycles. The van der Waals surface area contributed by atoms with Crippen molar-refractivity contribution in [1.82, 2.24) is 9.97 Å². The molecule has 0 radical (unpaired) electrons. The molecule has 0 aliphatic carbocycles. The van der Waals surface area contributed by atoms with Gasteiger partial charge in [0.05, 0.1) is 0 Å². The van der Waals surface area contributed by atoms with E-state index in [9.17, 15) is 8.42 Å². The first-order chi connectivity index (χ1) is 5.08.